The maximum Gasteiger partial charge on any atom is 0.254 e. The summed E-state index contributed by atoms with van der Waals surface area (Å²) in [6.07, 6.45) is 5.41. The van der Waals surface area contributed by atoms with Crippen molar-refractivity contribution in [1.82, 2.24) is 25.0 Å². The summed E-state index contributed by atoms with van der Waals surface area (Å²) < 4.78 is 7.06. The van der Waals surface area contributed by atoms with E-state index in [0.29, 0.717) is 57.2 Å². The summed E-state index contributed by atoms with van der Waals surface area (Å²) in [5.74, 6) is 0.452. The molecule has 9 nitrogen and oxygen atoms in total. The maximum atomic E-state index is 12.9. The van der Waals surface area contributed by atoms with Gasteiger partial charge in [-0.05, 0) is 59.2 Å². The van der Waals surface area contributed by atoms with Gasteiger partial charge in [0.1, 0.15) is 5.82 Å². The molecule has 9 heteroatoms. The summed E-state index contributed by atoms with van der Waals surface area (Å²) in [5, 5.41) is 9.36. The fourth-order valence-electron chi connectivity index (χ4n) is 4.89. The van der Waals surface area contributed by atoms with E-state index >= 15 is 0 Å². The number of hydrogen-bond donors (Lipinski definition) is 2. The Morgan fingerprint density at radius 3 is 2.55 bits per heavy atom. The molecule has 3 heterocycles. The van der Waals surface area contributed by atoms with Gasteiger partial charge in [-0.15, -0.1) is 0 Å². The molecule has 1 aliphatic rings. The zero-order valence-electron chi connectivity index (χ0n) is 21.7. The Hall–Kier alpha value is -4.24. The maximum absolute atomic E-state index is 12.9. The molecular weight excluding hydrogens is 480 g/mol. The molecule has 38 heavy (non-hydrogen) atoms. The molecule has 2 aromatic carbocycles. The molecular formula is C29H32N6O3. The van der Waals surface area contributed by atoms with Crippen molar-refractivity contribution in [3.05, 3.63) is 88.4 Å². The summed E-state index contributed by atoms with van der Waals surface area (Å²) in [6, 6.07) is 11.9. The van der Waals surface area contributed by atoms with E-state index < -0.39 is 0 Å². The summed E-state index contributed by atoms with van der Waals surface area (Å²) in [6.45, 7) is 7.50. The number of ether oxygens (including phenoxy) is 1. The van der Waals surface area contributed by atoms with Crippen molar-refractivity contribution in [3.63, 3.8) is 0 Å². The van der Waals surface area contributed by atoms with Crippen molar-refractivity contribution >= 4 is 28.4 Å². The molecule has 0 unspecified atom stereocenters. The Kier molecular flexibility index (Phi) is 7.37. The highest BCUT2D eigenvalue weighted by molar-refractivity contribution is 5.95. The van der Waals surface area contributed by atoms with Crippen LogP contribution in [-0.4, -0.2) is 57.8 Å². The molecule has 3 N–H and O–H groups in total. The molecule has 1 fully saturated rings. The number of nitrogens with zero attached hydrogens (tertiary/aromatic N) is 4. The van der Waals surface area contributed by atoms with Crippen LogP contribution in [0.4, 0.5) is 5.82 Å². The van der Waals surface area contributed by atoms with Crippen molar-refractivity contribution in [3.8, 4) is 0 Å². The first-order chi connectivity index (χ1) is 18.4. The van der Waals surface area contributed by atoms with Gasteiger partial charge in [-0.1, -0.05) is 24.3 Å². The van der Waals surface area contributed by atoms with Crippen molar-refractivity contribution in [1.29, 1.82) is 0 Å². The van der Waals surface area contributed by atoms with Crippen LogP contribution in [0.1, 0.15) is 38.2 Å². The molecule has 5 rings (SSSR count). The number of pyridine rings is 1. The van der Waals surface area contributed by atoms with Gasteiger partial charge in [0.25, 0.3) is 5.91 Å². The normalized spacial score (nSPS) is 13.6. The van der Waals surface area contributed by atoms with E-state index in [-0.39, 0.29) is 11.8 Å². The number of anilines is 1. The average Bonchev–Trinajstić information content (AvgIpc) is 3.39. The third kappa shape index (κ3) is 5.52. The van der Waals surface area contributed by atoms with Gasteiger partial charge in [-0.3, -0.25) is 14.3 Å². The number of nitrogen functional groups attached to an aromatic ring is 1. The topological polar surface area (TPSA) is 115 Å². The Labute approximate surface area is 221 Å². The Morgan fingerprint density at radius 1 is 1.05 bits per heavy atom. The number of aryl methyl sites for hydroxylation is 2. The van der Waals surface area contributed by atoms with E-state index in [1.165, 1.54) is 0 Å². The SMILES string of the molecule is Cc1cc2c(N)nccc2c(C)c1CNC(=O)c1cnn(Cc2ccc(CC(=O)N3CCOCC3)cc2)c1. The average molecular weight is 513 g/mol. The second-order valence-electron chi connectivity index (χ2n) is 9.68. The fraction of sp³-hybridized carbons (Fsp3) is 0.310. The van der Waals surface area contributed by atoms with E-state index in [1.54, 1.807) is 23.3 Å². The Morgan fingerprint density at radius 2 is 1.79 bits per heavy atom. The molecule has 0 radical (unpaired) electrons. The number of carbonyl (C=O) groups is 2. The predicted molar refractivity (Wildman–Crippen MR) is 146 cm³/mol. The molecule has 1 saturated heterocycles. The lowest BCUT2D eigenvalue weighted by Crippen LogP contribution is -2.41. The van der Waals surface area contributed by atoms with Gasteiger partial charge >= 0.3 is 0 Å². The quantitative estimate of drug-likeness (QED) is 0.393. The highest BCUT2D eigenvalue weighted by atomic mass is 16.5. The molecule has 0 atom stereocenters. The standard InChI is InChI=1S/C29H32N6O3/c1-19-13-25-24(7-8-31-28(25)30)20(2)26(19)16-32-29(37)23-15-33-35(18-23)17-22-5-3-21(4-6-22)14-27(36)34-9-11-38-12-10-34/h3-8,13,15,18H,9-12,14,16-17H2,1-2H3,(H2,30,31)(H,32,37). The zero-order chi connectivity index (χ0) is 26.6. The summed E-state index contributed by atoms with van der Waals surface area (Å²) in [5.41, 5.74) is 11.8. The minimum atomic E-state index is -0.179. The van der Waals surface area contributed by atoms with Crippen LogP contribution in [0.15, 0.2) is 55.0 Å². The minimum absolute atomic E-state index is 0.124. The molecule has 2 amide bonds. The molecule has 196 valence electrons. The van der Waals surface area contributed by atoms with Gasteiger partial charge in [0.15, 0.2) is 0 Å². The predicted octanol–water partition coefficient (Wildman–Crippen LogP) is 3.01. The van der Waals surface area contributed by atoms with Gasteiger partial charge in [0.2, 0.25) is 5.91 Å². The third-order valence-corrected chi connectivity index (χ3v) is 7.12. The highest BCUT2D eigenvalue weighted by Crippen LogP contribution is 2.27. The number of aromatic nitrogens is 3. The second-order valence-corrected chi connectivity index (χ2v) is 9.68. The van der Waals surface area contributed by atoms with Gasteiger partial charge in [-0.2, -0.15) is 5.10 Å². The number of benzene rings is 2. The first-order valence-electron chi connectivity index (χ1n) is 12.8. The lowest BCUT2D eigenvalue weighted by Gasteiger charge is -2.26. The molecule has 4 aromatic rings. The van der Waals surface area contributed by atoms with Crippen LogP contribution in [-0.2, 0) is 29.0 Å². The van der Waals surface area contributed by atoms with Gasteiger partial charge in [0.05, 0.1) is 37.9 Å². The van der Waals surface area contributed by atoms with Crippen LogP contribution >= 0.6 is 0 Å². The third-order valence-electron chi connectivity index (χ3n) is 7.12. The molecule has 0 saturated carbocycles. The number of hydrogen-bond acceptors (Lipinski definition) is 6. The molecule has 0 bridgehead atoms. The number of fused-ring (bicyclic) bond motifs is 1. The number of amides is 2. The van der Waals surface area contributed by atoms with Crippen molar-refractivity contribution in [2.45, 2.75) is 33.4 Å². The zero-order valence-corrected chi connectivity index (χ0v) is 21.7. The van der Waals surface area contributed by atoms with Crippen LogP contribution in [0, 0.1) is 13.8 Å². The largest absolute Gasteiger partial charge is 0.383 e. The van der Waals surface area contributed by atoms with Crippen molar-refractivity contribution in [2.24, 2.45) is 0 Å². The number of nitrogens with one attached hydrogen (secondary N) is 1. The van der Waals surface area contributed by atoms with Crippen LogP contribution < -0.4 is 11.1 Å². The number of carbonyl (C=O) groups excluding carboxylic acids is 2. The Bertz CT molecular complexity index is 1470. The van der Waals surface area contributed by atoms with Crippen LogP contribution in [0.2, 0.25) is 0 Å². The molecule has 0 spiro atoms. The van der Waals surface area contributed by atoms with Gasteiger partial charge < -0.3 is 20.7 Å². The van der Waals surface area contributed by atoms with Crippen LogP contribution in [0.3, 0.4) is 0 Å². The first-order valence-corrected chi connectivity index (χ1v) is 12.8. The van der Waals surface area contributed by atoms with E-state index in [0.717, 1.165) is 38.6 Å². The molecule has 2 aromatic heterocycles. The summed E-state index contributed by atoms with van der Waals surface area (Å²) >= 11 is 0. The van der Waals surface area contributed by atoms with Crippen LogP contribution in [0.25, 0.3) is 10.8 Å². The lowest BCUT2D eigenvalue weighted by atomic mass is 9.96. The monoisotopic (exact) mass is 512 g/mol. The number of morpholine rings is 1. The van der Waals surface area contributed by atoms with Gasteiger partial charge in [-0.25, -0.2) is 4.98 Å². The second kappa shape index (κ2) is 11.0. The van der Waals surface area contributed by atoms with E-state index in [1.807, 2.05) is 55.1 Å². The van der Waals surface area contributed by atoms with E-state index in [9.17, 15) is 9.59 Å². The minimum Gasteiger partial charge on any atom is -0.383 e. The highest BCUT2D eigenvalue weighted by Gasteiger charge is 2.17. The fourth-order valence-corrected chi connectivity index (χ4v) is 4.89. The summed E-state index contributed by atoms with van der Waals surface area (Å²) in [7, 11) is 0. The van der Waals surface area contributed by atoms with E-state index in [2.05, 4.69) is 15.4 Å². The molecule has 0 aliphatic carbocycles. The smallest absolute Gasteiger partial charge is 0.254 e. The lowest BCUT2D eigenvalue weighted by molar-refractivity contribution is -0.134. The first kappa shape index (κ1) is 25.4. The van der Waals surface area contributed by atoms with E-state index in [4.69, 9.17) is 10.5 Å². The summed E-state index contributed by atoms with van der Waals surface area (Å²) in [4.78, 5) is 31.4. The van der Waals surface area contributed by atoms with Crippen molar-refractivity contribution < 1.29 is 14.3 Å². The molecule has 1 aliphatic heterocycles. The number of rotatable bonds is 7. The number of nitrogens with two attached hydrogens (primary N) is 1. The van der Waals surface area contributed by atoms with Crippen LogP contribution in [0.5, 0.6) is 0 Å². The van der Waals surface area contributed by atoms with Crippen molar-refractivity contribution in [2.75, 3.05) is 32.0 Å². The van der Waals surface area contributed by atoms with Gasteiger partial charge in [0, 0.05) is 37.4 Å². The Balaban J connectivity index is 1.18.